The molecule has 70 valence electrons. The minimum Gasteiger partial charge on any atom is -0.388 e. The first-order chi connectivity index (χ1) is 5.93. The van der Waals surface area contributed by atoms with Gasteiger partial charge in [0.25, 0.3) is 0 Å². The van der Waals surface area contributed by atoms with E-state index >= 15 is 0 Å². The van der Waals surface area contributed by atoms with E-state index in [0.29, 0.717) is 0 Å². The second kappa shape index (κ2) is 5.37. The van der Waals surface area contributed by atoms with Crippen molar-refractivity contribution < 1.29 is 75.0 Å². The Bertz CT molecular complexity index is 314. The molecule has 15 heavy (non-hydrogen) atoms. The molecule has 1 nitrogen and oxygen atoms in total. The van der Waals surface area contributed by atoms with Crippen LogP contribution >= 0.6 is 0 Å². The summed E-state index contributed by atoms with van der Waals surface area (Å²) >= 11 is 0. The SMILES string of the molecule is CC1(C)OC(C)(C)c2c[c-]c[c-]c21.[K+].[Li+]. The van der Waals surface area contributed by atoms with Crippen LogP contribution in [0.25, 0.3) is 0 Å². The molecule has 0 unspecified atom stereocenters. The molecule has 0 radical (unpaired) electrons. The quantitative estimate of drug-likeness (QED) is 0.330. The number of rotatable bonds is 0. The Morgan fingerprint density at radius 1 is 1.13 bits per heavy atom. The van der Waals surface area contributed by atoms with Crippen LogP contribution in [0, 0.1) is 12.1 Å². The van der Waals surface area contributed by atoms with E-state index in [4.69, 9.17) is 4.74 Å². The molecule has 1 aromatic rings. The smallest absolute Gasteiger partial charge is 0.388 e. The maximum atomic E-state index is 5.96. The molecule has 0 saturated heterocycles. The number of fused-ring (bicyclic) bond motifs is 1. The third kappa shape index (κ3) is 3.00. The Labute approximate surface area is 147 Å². The Morgan fingerprint density at radius 3 is 2.27 bits per heavy atom. The molecule has 2 rings (SSSR count). The van der Waals surface area contributed by atoms with Crippen LogP contribution in [0.15, 0.2) is 12.1 Å². The molecule has 1 aliphatic rings. The summed E-state index contributed by atoms with van der Waals surface area (Å²) in [6.45, 7) is 8.33. The van der Waals surface area contributed by atoms with Crippen molar-refractivity contribution in [1.29, 1.82) is 0 Å². The van der Waals surface area contributed by atoms with Crippen LogP contribution < -0.4 is 70.2 Å². The number of benzene rings is 1. The zero-order valence-electron chi connectivity index (χ0n) is 10.6. The molecule has 0 amide bonds. The van der Waals surface area contributed by atoms with Crippen molar-refractivity contribution >= 4 is 0 Å². The Kier molecular flexibility index (Phi) is 5.88. The zero-order chi connectivity index (χ0) is 9.69. The van der Waals surface area contributed by atoms with Crippen molar-refractivity contribution in [3.8, 4) is 0 Å². The first-order valence-electron chi connectivity index (χ1n) is 4.56. The Morgan fingerprint density at radius 2 is 1.73 bits per heavy atom. The van der Waals surface area contributed by atoms with Crippen LogP contribution in [-0.4, -0.2) is 0 Å². The van der Waals surface area contributed by atoms with Gasteiger partial charge in [0.15, 0.2) is 0 Å². The fourth-order valence-corrected chi connectivity index (χ4v) is 2.11. The van der Waals surface area contributed by atoms with Crippen molar-refractivity contribution in [3.63, 3.8) is 0 Å². The predicted octanol–water partition coefficient (Wildman–Crippen LogP) is -3.20. The topological polar surface area (TPSA) is 9.23 Å². The molecule has 0 atom stereocenters. The molecular formula is C12H14KLiO. The summed E-state index contributed by atoms with van der Waals surface area (Å²) < 4.78 is 5.96. The predicted molar refractivity (Wildman–Crippen MR) is 51.3 cm³/mol. The van der Waals surface area contributed by atoms with Crippen LogP contribution in [0.3, 0.4) is 0 Å². The van der Waals surface area contributed by atoms with Crippen molar-refractivity contribution in [1.82, 2.24) is 0 Å². The van der Waals surface area contributed by atoms with E-state index in [1.165, 1.54) is 5.56 Å². The first kappa shape index (κ1) is 16.4. The van der Waals surface area contributed by atoms with Gasteiger partial charge in [-0.1, -0.05) is 13.8 Å². The zero-order valence-corrected chi connectivity index (χ0v) is 13.7. The van der Waals surface area contributed by atoms with Gasteiger partial charge >= 0.3 is 70.2 Å². The maximum Gasteiger partial charge on any atom is 1.00 e. The molecule has 0 aliphatic carbocycles. The molecule has 1 aromatic carbocycles. The number of hydrogen-bond acceptors (Lipinski definition) is 1. The first-order valence-corrected chi connectivity index (χ1v) is 4.56. The minimum atomic E-state index is -0.214. The van der Waals surface area contributed by atoms with Gasteiger partial charge in [-0.15, -0.1) is 0 Å². The third-order valence-corrected chi connectivity index (χ3v) is 2.56. The molecule has 0 spiro atoms. The van der Waals surface area contributed by atoms with Crippen molar-refractivity contribution in [3.05, 3.63) is 35.4 Å². The average Bonchev–Trinajstić information content (AvgIpc) is 2.20. The number of hydrogen-bond donors (Lipinski definition) is 0. The van der Waals surface area contributed by atoms with Gasteiger partial charge in [0, 0.05) is 11.2 Å². The Balaban J connectivity index is 0.000000980. The fraction of sp³-hybridized carbons (Fsp3) is 0.500. The number of ether oxygens (including phenoxy) is 1. The van der Waals surface area contributed by atoms with Gasteiger partial charge in [0.05, 0.1) is 0 Å². The van der Waals surface area contributed by atoms with Crippen molar-refractivity contribution in [2.75, 3.05) is 0 Å². The molecule has 3 heteroatoms. The minimum absolute atomic E-state index is 0. The molecule has 0 aromatic heterocycles. The molecule has 0 N–H and O–H groups in total. The summed E-state index contributed by atoms with van der Waals surface area (Å²) in [4.78, 5) is 0. The Hall–Kier alpha value is 1.41. The summed E-state index contributed by atoms with van der Waals surface area (Å²) in [5.74, 6) is 0. The van der Waals surface area contributed by atoms with Crippen LogP contribution in [0.4, 0.5) is 0 Å². The normalized spacial score (nSPS) is 19.7. The summed E-state index contributed by atoms with van der Waals surface area (Å²) in [6, 6.07) is 10.1. The summed E-state index contributed by atoms with van der Waals surface area (Å²) in [6.07, 6.45) is 0. The van der Waals surface area contributed by atoms with Gasteiger partial charge in [0.2, 0.25) is 0 Å². The van der Waals surface area contributed by atoms with Gasteiger partial charge < -0.3 is 22.9 Å². The van der Waals surface area contributed by atoms with Crippen molar-refractivity contribution in [2.45, 2.75) is 38.9 Å². The van der Waals surface area contributed by atoms with E-state index < -0.39 is 0 Å². The van der Waals surface area contributed by atoms with E-state index in [1.54, 1.807) is 0 Å². The summed E-state index contributed by atoms with van der Waals surface area (Å²) in [5, 5.41) is 0. The van der Waals surface area contributed by atoms with Gasteiger partial charge in [0.1, 0.15) is 0 Å². The van der Waals surface area contributed by atoms with Crippen LogP contribution in [0.1, 0.15) is 38.8 Å². The van der Waals surface area contributed by atoms with Crippen LogP contribution in [0.5, 0.6) is 0 Å². The van der Waals surface area contributed by atoms with E-state index in [9.17, 15) is 0 Å². The van der Waals surface area contributed by atoms with Gasteiger partial charge in [-0.3, -0.25) is 6.07 Å². The second-order valence-corrected chi connectivity index (χ2v) is 4.51. The molecule has 0 bridgehead atoms. The van der Waals surface area contributed by atoms with Crippen LogP contribution in [-0.2, 0) is 15.9 Å². The second-order valence-electron chi connectivity index (χ2n) is 4.51. The molecular weight excluding hydrogens is 206 g/mol. The van der Waals surface area contributed by atoms with E-state index in [-0.39, 0.29) is 81.4 Å². The fourth-order valence-electron chi connectivity index (χ4n) is 2.11. The van der Waals surface area contributed by atoms with Crippen LogP contribution in [0.2, 0.25) is 0 Å². The van der Waals surface area contributed by atoms with Gasteiger partial charge in [-0.05, 0) is 13.8 Å². The van der Waals surface area contributed by atoms with Gasteiger partial charge in [-0.25, -0.2) is 11.1 Å². The molecule has 0 saturated carbocycles. The summed E-state index contributed by atoms with van der Waals surface area (Å²) in [5.41, 5.74) is 1.96. The molecule has 1 heterocycles. The molecule has 1 aliphatic heterocycles. The molecule has 0 fully saturated rings. The third-order valence-electron chi connectivity index (χ3n) is 2.56. The van der Waals surface area contributed by atoms with E-state index in [2.05, 4.69) is 39.8 Å². The summed E-state index contributed by atoms with van der Waals surface area (Å²) in [7, 11) is 0. The standard InChI is InChI=1S/C12H14O.K.Li/c1-11(2)9-7-5-6-8-10(9)12(3,4)13-11;;/h5,8H,1-4H3;;/q-2;2*+1. The van der Waals surface area contributed by atoms with E-state index in [1.807, 2.05) is 12.1 Å². The average molecular weight is 220 g/mol. The van der Waals surface area contributed by atoms with Crippen molar-refractivity contribution in [2.24, 2.45) is 0 Å². The monoisotopic (exact) mass is 220 g/mol. The van der Waals surface area contributed by atoms with Gasteiger partial charge in [-0.2, -0.15) is 0 Å². The largest absolute Gasteiger partial charge is 1.00 e. The van der Waals surface area contributed by atoms with E-state index in [0.717, 1.165) is 5.56 Å². The maximum absolute atomic E-state index is 5.96.